The van der Waals surface area contributed by atoms with Crippen molar-refractivity contribution in [3.63, 3.8) is 0 Å². The minimum Gasteiger partial charge on any atom is -0.313 e. The molecule has 1 atom stereocenters. The molecule has 1 unspecified atom stereocenters. The summed E-state index contributed by atoms with van der Waals surface area (Å²) >= 11 is 0. The van der Waals surface area contributed by atoms with Crippen molar-refractivity contribution < 1.29 is 0 Å². The SMILES string of the molecule is CC(C#N)CNC1CC(c2ccccc2)C1. The lowest BCUT2D eigenvalue weighted by Crippen LogP contribution is -2.41. The Morgan fingerprint density at radius 1 is 1.38 bits per heavy atom. The second kappa shape index (κ2) is 5.14. The number of nitrogens with zero attached hydrogens (tertiary/aromatic N) is 1. The van der Waals surface area contributed by atoms with Crippen LogP contribution in [0.25, 0.3) is 0 Å². The van der Waals surface area contributed by atoms with Gasteiger partial charge in [0.15, 0.2) is 0 Å². The number of hydrogen-bond acceptors (Lipinski definition) is 2. The standard InChI is InChI=1S/C14H18N2/c1-11(9-15)10-16-14-7-13(8-14)12-5-3-2-4-6-12/h2-6,11,13-14,16H,7-8,10H2,1H3. The van der Waals surface area contributed by atoms with Crippen molar-refractivity contribution in [2.45, 2.75) is 31.7 Å². The molecule has 2 rings (SSSR count). The highest BCUT2D eigenvalue weighted by Crippen LogP contribution is 2.36. The fourth-order valence-corrected chi connectivity index (χ4v) is 2.17. The molecule has 16 heavy (non-hydrogen) atoms. The Bertz CT molecular complexity index is 360. The fourth-order valence-electron chi connectivity index (χ4n) is 2.17. The normalized spacial score (nSPS) is 25.5. The third-order valence-corrected chi connectivity index (χ3v) is 3.34. The van der Waals surface area contributed by atoms with Crippen molar-refractivity contribution >= 4 is 0 Å². The molecule has 1 aromatic carbocycles. The van der Waals surface area contributed by atoms with Gasteiger partial charge >= 0.3 is 0 Å². The van der Waals surface area contributed by atoms with Crippen molar-refractivity contribution in [1.82, 2.24) is 5.32 Å². The smallest absolute Gasteiger partial charge is 0.0666 e. The minimum atomic E-state index is 0.121. The maximum atomic E-state index is 8.68. The molecule has 1 aliphatic rings. The van der Waals surface area contributed by atoms with E-state index in [1.807, 2.05) is 6.92 Å². The Balaban J connectivity index is 1.73. The van der Waals surface area contributed by atoms with E-state index >= 15 is 0 Å². The van der Waals surface area contributed by atoms with E-state index in [0.29, 0.717) is 6.04 Å². The van der Waals surface area contributed by atoms with Crippen LogP contribution in [-0.2, 0) is 0 Å². The maximum Gasteiger partial charge on any atom is 0.0666 e. The van der Waals surface area contributed by atoms with Gasteiger partial charge in [0.2, 0.25) is 0 Å². The number of benzene rings is 1. The number of rotatable bonds is 4. The molecule has 0 saturated heterocycles. The van der Waals surface area contributed by atoms with E-state index in [1.54, 1.807) is 0 Å². The first kappa shape index (κ1) is 11.2. The number of nitriles is 1. The molecule has 2 heteroatoms. The van der Waals surface area contributed by atoms with Crippen LogP contribution in [0.3, 0.4) is 0 Å². The monoisotopic (exact) mass is 214 g/mol. The van der Waals surface area contributed by atoms with Gasteiger partial charge in [0.1, 0.15) is 0 Å². The molecule has 2 nitrogen and oxygen atoms in total. The summed E-state index contributed by atoms with van der Waals surface area (Å²) in [6, 6.07) is 13.5. The lowest BCUT2D eigenvalue weighted by molar-refractivity contribution is 0.286. The lowest BCUT2D eigenvalue weighted by atomic mass is 9.76. The van der Waals surface area contributed by atoms with Gasteiger partial charge in [-0.25, -0.2) is 0 Å². The first-order valence-electron chi connectivity index (χ1n) is 5.97. The van der Waals surface area contributed by atoms with Crippen molar-refractivity contribution in [3.05, 3.63) is 35.9 Å². The predicted molar refractivity (Wildman–Crippen MR) is 65.0 cm³/mol. The summed E-state index contributed by atoms with van der Waals surface area (Å²) in [5.41, 5.74) is 1.45. The fraction of sp³-hybridized carbons (Fsp3) is 0.500. The topological polar surface area (TPSA) is 35.8 Å². The van der Waals surface area contributed by atoms with Gasteiger partial charge in [-0.1, -0.05) is 30.3 Å². The third kappa shape index (κ3) is 2.62. The van der Waals surface area contributed by atoms with Gasteiger partial charge in [-0.3, -0.25) is 0 Å². The Labute approximate surface area is 97.3 Å². The molecule has 1 fully saturated rings. The molecule has 0 bridgehead atoms. The lowest BCUT2D eigenvalue weighted by Gasteiger charge is -2.36. The second-order valence-electron chi connectivity index (χ2n) is 4.71. The summed E-state index contributed by atoms with van der Waals surface area (Å²) in [5.74, 6) is 0.840. The molecule has 1 aliphatic carbocycles. The maximum absolute atomic E-state index is 8.68. The molecule has 1 saturated carbocycles. The molecule has 0 radical (unpaired) electrons. The number of nitrogens with one attached hydrogen (secondary N) is 1. The van der Waals surface area contributed by atoms with Crippen LogP contribution >= 0.6 is 0 Å². The van der Waals surface area contributed by atoms with Crippen LogP contribution in [0.5, 0.6) is 0 Å². The van der Waals surface area contributed by atoms with Crippen LogP contribution in [-0.4, -0.2) is 12.6 Å². The summed E-state index contributed by atoms with van der Waals surface area (Å²) in [6.07, 6.45) is 2.42. The molecule has 0 spiro atoms. The van der Waals surface area contributed by atoms with Crippen molar-refractivity contribution in [2.24, 2.45) is 5.92 Å². The summed E-state index contributed by atoms with van der Waals surface area (Å²) in [4.78, 5) is 0. The average molecular weight is 214 g/mol. The van der Waals surface area contributed by atoms with E-state index in [4.69, 9.17) is 5.26 Å². The van der Waals surface area contributed by atoms with Gasteiger partial charge in [0, 0.05) is 12.6 Å². The Kier molecular flexibility index (Phi) is 3.58. The summed E-state index contributed by atoms with van der Waals surface area (Å²) in [6.45, 7) is 2.78. The van der Waals surface area contributed by atoms with Crippen LogP contribution in [0.4, 0.5) is 0 Å². The molecule has 0 amide bonds. The van der Waals surface area contributed by atoms with E-state index in [-0.39, 0.29) is 5.92 Å². The highest BCUT2D eigenvalue weighted by atomic mass is 14.9. The molecule has 0 aliphatic heterocycles. The third-order valence-electron chi connectivity index (χ3n) is 3.34. The Morgan fingerprint density at radius 3 is 2.69 bits per heavy atom. The van der Waals surface area contributed by atoms with E-state index in [0.717, 1.165) is 12.5 Å². The van der Waals surface area contributed by atoms with Crippen LogP contribution < -0.4 is 5.32 Å². The molecule has 84 valence electrons. The molecule has 1 aromatic rings. The van der Waals surface area contributed by atoms with Crippen LogP contribution in [0.15, 0.2) is 30.3 Å². The Morgan fingerprint density at radius 2 is 2.06 bits per heavy atom. The van der Waals surface area contributed by atoms with Crippen LogP contribution in [0.1, 0.15) is 31.2 Å². The first-order valence-corrected chi connectivity index (χ1v) is 5.97. The molecule has 1 N–H and O–H groups in total. The van der Waals surface area contributed by atoms with E-state index in [1.165, 1.54) is 18.4 Å². The van der Waals surface area contributed by atoms with Crippen LogP contribution in [0, 0.1) is 17.2 Å². The van der Waals surface area contributed by atoms with Gasteiger partial charge < -0.3 is 5.32 Å². The van der Waals surface area contributed by atoms with Gasteiger partial charge in [0.05, 0.1) is 12.0 Å². The molecule has 0 heterocycles. The summed E-state index contributed by atoms with van der Waals surface area (Å²) in [7, 11) is 0. The Hall–Kier alpha value is -1.33. The molecular weight excluding hydrogens is 196 g/mol. The predicted octanol–water partition coefficient (Wildman–Crippen LogP) is 2.68. The summed E-state index contributed by atoms with van der Waals surface area (Å²) in [5, 5.41) is 12.1. The summed E-state index contributed by atoms with van der Waals surface area (Å²) < 4.78 is 0. The van der Waals surface area contributed by atoms with E-state index in [2.05, 4.69) is 41.7 Å². The van der Waals surface area contributed by atoms with Crippen LogP contribution in [0.2, 0.25) is 0 Å². The zero-order valence-corrected chi connectivity index (χ0v) is 9.69. The highest BCUT2D eigenvalue weighted by Gasteiger charge is 2.29. The first-order chi connectivity index (χ1) is 7.79. The minimum absolute atomic E-state index is 0.121. The van der Waals surface area contributed by atoms with E-state index in [9.17, 15) is 0 Å². The van der Waals surface area contributed by atoms with Crippen molar-refractivity contribution in [1.29, 1.82) is 5.26 Å². The molecular formula is C14H18N2. The van der Waals surface area contributed by atoms with Gasteiger partial charge in [-0.2, -0.15) is 5.26 Å². The second-order valence-corrected chi connectivity index (χ2v) is 4.71. The van der Waals surface area contributed by atoms with Crippen molar-refractivity contribution in [3.8, 4) is 6.07 Å². The zero-order valence-electron chi connectivity index (χ0n) is 9.69. The average Bonchev–Trinajstić information content (AvgIpc) is 2.28. The zero-order chi connectivity index (χ0) is 11.4. The number of hydrogen-bond donors (Lipinski definition) is 1. The van der Waals surface area contributed by atoms with Crippen molar-refractivity contribution in [2.75, 3.05) is 6.54 Å². The highest BCUT2D eigenvalue weighted by molar-refractivity contribution is 5.22. The van der Waals surface area contributed by atoms with E-state index < -0.39 is 0 Å². The van der Waals surface area contributed by atoms with Gasteiger partial charge in [-0.15, -0.1) is 0 Å². The van der Waals surface area contributed by atoms with Gasteiger partial charge in [0.25, 0.3) is 0 Å². The largest absolute Gasteiger partial charge is 0.313 e. The quantitative estimate of drug-likeness (QED) is 0.836. The molecule has 0 aromatic heterocycles. The van der Waals surface area contributed by atoms with Gasteiger partial charge in [-0.05, 0) is 31.2 Å².